The lowest BCUT2D eigenvalue weighted by molar-refractivity contribution is -0.129. The van der Waals surface area contributed by atoms with Gasteiger partial charge in [0.25, 0.3) is 0 Å². The van der Waals surface area contributed by atoms with Crippen LogP contribution in [-0.4, -0.2) is 53.6 Å². The molecule has 1 aromatic carbocycles. The monoisotopic (exact) mass is 443 g/mol. The van der Waals surface area contributed by atoms with Gasteiger partial charge in [-0.2, -0.15) is 4.31 Å². The molecule has 2 aliphatic rings. The van der Waals surface area contributed by atoms with Gasteiger partial charge in [-0.3, -0.25) is 4.79 Å². The van der Waals surface area contributed by atoms with Gasteiger partial charge >= 0.3 is 0 Å². The molecule has 0 bridgehead atoms. The van der Waals surface area contributed by atoms with E-state index < -0.39 is 16.1 Å². The molecule has 0 saturated carbocycles. The number of carbonyl (C=O) groups excluding carboxylic acids is 1. The third kappa shape index (κ3) is 3.92. The largest absolute Gasteiger partial charge is 0.373 e. The van der Waals surface area contributed by atoms with Crippen molar-refractivity contribution in [1.29, 1.82) is 0 Å². The number of hydrogen-bond acceptors (Lipinski definition) is 6. The Hall–Kier alpha value is -2.52. The quantitative estimate of drug-likeness (QED) is 0.780. The van der Waals surface area contributed by atoms with Crippen LogP contribution in [0.1, 0.15) is 54.0 Å². The highest BCUT2D eigenvalue weighted by atomic mass is 32.2. The van der Waals surface area contributed by atoms with Gasteiger partial charge in [-0.15, -0.1) is 0 Å². The van der Waals surface area contributed by atoms with Gasteiger partial charge in [0.15, 0.2) is 0 Å². The Morgan fingerprint density at radius 1 is 1.16 bits per heavy atom. The Bertz CT molecular complexity index is 1130. The van der Waals surface area contributed by atoms with Crippen LogP contribution in [0.4, 0.5) is 5.82 Å². The Morgan fingerprint density at radius 3 is 2.61 bits per heavy atom. The molecule has 1 fully saturated rings. The molecular weight excluding hydrogens is 414 g/mol. The number of fused-ring (bicyclic) bond motifs is 1. The van der Waals surface area contributed by atoms with Crippen molar-refractivity contribution in [2.45, 2.75) is 57.5 Å². The van der Waals surface area contributed by atoms with Crippen molar-refractivity contribution < 1.29 is 13.2 Å². The first kappa shape index (κ1) is 21.7. The van der Waals surface area contributed by atoms with Gasteiger partial charge in [0.2, 0.25) is 15.9 Å². The third-order valence-electron chi connectivity index (χ3n) is 6.35. The van der Waals surface area contributed by atoms with E-state index in [1.165, 1.54) is 4.31 Å². The van der Waals surface area contributed by atoms with Crippen LogP contribution in [0.25, 0.3) is 0 Å². The predicted molar refractivity (Wildman–Crippen MR) is 118 cm³/mol. The Balaban J connectivity index is 1.72. The summed E-state index contributed by atoms with van der Waals surface area (Å²) in [6.45, 7) is 6.94. The number of nitrogens with zero attached hydrogens (tertiary/aromatic N) is 4. The van der Waals surface area contributed by atoms with E-state index in [-0.39, 0.29) is 5.91 Å². The lowest BCUT2D eigenvalue weighted by atomic mass is 10.0. The lowest BCUT2D eigenvalue weighted by Gasteiger charge is -2.30. The summed E-state index contributed by atoms with van der Waals surface area (Å²) in [6, 6.07) is 4.83. The molecule has 2 aliphatic heterocycles. The van der Waals surface area contributed by atoms with E-state index in [4.69, 9.17) is 9.97 Å². The molecule has 0 aliphatic carbocycles. The molecule has 3 heterocycles. The summed E-state index contributed by atoms with van der Waals surface area (Å²) in [7, 11) is -1.86. The molecule has 1 atom stereocenters. The zero-order valence-corrected chi connectivity index (χ0v) is 19.3. The van der Waals surface area contributed by atoms with Gasteiger partial charge in [0.1, 0.15) is 11.6 Å². The lowest BCUT2D eigenvalue weighted by Crippen LogP contribution is -2.36. The normalized spacial score (nSPS) is 19.4. The minimum absolute atomic E-state index is 0.0108. The highest BCUT2D eigenvalue weighted by Gasteiger charge is 2.39. The number of hydrogen-bond donors (Lipinski definition) is 1. The van der Waals surface area contributed by atoms with E-state index in [2.05, 4.69) is 5.32 Å². The fourth-order valence-corrected chi connectivity index (χ4v) is 6.11. The highest BCUT2D eigenvalue weighted by molar-refractivity contribution is 7.89. The molecule has 2 aromatic rings. The van der Waals surface area contributed by atoms with Crippen molar-refractivity contribution in [2.75, 3.05) is 25.5 Å². The summed E-state index contributed by atoms with van der Waals surface area (Å²) in [5.41, 5.74) is 3.81. The van der Waals surface area contributed by atoms with E-state index in [0.29, 0.717) is 43.2 Å². The van der Waals surface area contributed by atoms with Crippen molar-refractivity contribution in [3.63, 3.8) is 0 Å². The van der Waals surface area contributed by atoms with Gasteiger partial charge in [0.05, 0.1) is 23.2 Å². The summed E-state index contributed by atoms with van der Waals surface area (Å²) in [5, 5.41) is 3.14. The number of carbonyl (C=O) groups is 1. The highest BCUT2D eigenvalue weighted by Crippen LogP contribution is 2.37. The number of anilines is 1. The summed E-state index contributed by atoms with van der Waals surface area (Å²) in [6.07, 6.45) is 2.10. The summed E-state index contributed by atoms with van der Waals surface area (Å²) >= 11 is 0. The number of benzene rings is 1. The van der Waals surface area contributed by atoms with Gasteiger partial charge < -0.3 is 10.2 Å². The van der Waals surface area contributed by atoms with E-state index in [1.807, 2.05) is 27.0 Å². The number of aromatic nitrogens is 2. The molecule has 1 amide bonds. The molecule has 0 spiro atoms. The summed E-state index contributed by atoms with van der Waals surface area (Å²) < 4.78 is 28.5. The molecule has 1 aromatic heterocycles. The summed E-state index contributed by atoms with van der Waals surface area (Å²) in [5.74, 6) is 1.23. The number of nitrogens with one attached hydrogen (secondary N) is 1. The molecule has 1 N–H and O–H groups in total. The molecule has 31 heavy (non-hydrogen) atoms. The fourth-order valence-electron chi connectivity index (χ4n) is 4.37. The molecule has 8 nitrogen and oxygen atoms in total. The minimum atomic E-state index is -3.67. The molecule has 9 heteroatoms. The van der Waals surface area contributed by atoms with E-state index >= 15 is 0 Å². The second kappa shape index (κ2) is 8.20. The first-order valence-electron chi connectivity index (χ1n) is 10.6. The van der Waals surface area contributed by atoms with Crippen LogP contribution in [0.5, 0.6) is 0 Å². The first-order valence-corrected chi connectivity index (χ1v) is 12.1. The SMILES string of the molecule is CNc1nc([C@@H]2CCCN2S(=O)(=O)c2ccc(C)c(C)c2)nc2c1CCN(C(C)=O)C2. The van der Waals surface area contributed by atoms with Gasteiger partial charge in [-0.05, 0) is 56.4 Å². The molecule has 166 valence electrons. The van der Waals surface area contributed by atoms with Crippen LogP contribution < -0.4 is 5.32 Å². The second-order valence-electron chi connectivity index (χ2n) is 8.32. The van der Waals surface area contributed by atoms with Crippen molar-refractivity contribution in [3.05, 3.63) is 46.4 Å². The molecule has 0 radical (unpaired) electrons. The van der Waals surface area contributed by atoms with Crippen LogP contribution in [-0.2, 0) is 27.8 Å². The van der Waals surface area contributed by atoms with Gasteiger partial charge in [0, 0.05) is 32.6 Å². The number of rotatable bonds is 4. The Labute approximate surface area is 183 Å². The predicted octanol–water partition coefficient (Wildman–Crippen LogP) is 2.57. The van der Waals surface area contributed by atoms with E-state index in [9.17, 15) is 13.2 Å². The average molecular weight is 444 g/mol. The fraction of sp³-hybridized carbons (Fsp3) is 0.500. The molecular formula is C22H29N5O3S. The maximum absolute atomic E-state index is 13.5. The van der Waals surface area contributed by atoms with Crippen LogP contribution in [0.3, 0.4) is 0 Å². The molecule has 0 unspecified atom stereocenters. The maximum atomic E-state index is 13.5. The molecule has 4 rings (SSSR count). The standard InChI is InChI=1S/C22H29N5O3S/c1-14-7-8-17(12-15(14)2)31(29,30)27-10-5-6-20(27)22-24-19-13-26(16(3)28)11-9-18(19)21(23-4)25-22/h7-8,12,20H,5-6,9-11,13H2,1-4H3,(H,23,24,25)/t20-/m0/s1. The topological polar surface area (TPSA) is 95.5 Å². The zero-order valence-electron chi connectivity index (χ0n) is 18.5. The summed E-state index contributed by atoms with van der Waals surface area (Å²) in [4.78, 5) is 23.4. The van der Waals surface area contributed by atoms with Crippen molar-refractivity contribution in [1.82, 2.24) is 19.2 Å². The van der Waals surface area contributed by atoms with Crippen LogP contribution in [0, 0.1) is 13.8 Å². The zero-order chi connectivity index (χ0) is 22.3. The Morgan fingerprint density at radius 2 is 1.94 bits per heavy atom. The number of sulfonamides is 1. The third-order valence-corrected chi connectivity index (χ3v) is 8.26. The van der Waals surface area contributed by atoms with Crippen molar-refractivity contribution in [2.24, 2.45) is 0 Å². The second-order valence-corrected chi connectivity index (χ2v) is 10.2. The smallest absolute Gasteiger partial charge is 0.243 e. The van der Waals surface area contributed by atoms with Crippen LogP contribution >= 0.6 is 0 Å². The minimum Gasteiger partial charge on any atom is -0.373 e. The number of aryl methyl sites for hydroxylation is 2. The Kier molecular flexibility index (Phi) is 5.74. The van der Waals surface area contributed by atoms with E-state index in [1.54, 1.807) is 24.0 Å². The number of amides is 1. The van der Waals surface area contributed by atoms with Crippen LogP contribution in [0.2, 0.25) is 0 Å². The van der Waals surface area contributed by atoms with Crippen molar-refractivity contribution in [3.8, 4) is 0 Å². The molecule has 1 saturated heterocycles. The van der Waals surface area contributed by atoms with Gasteiger partial charge in [-0.25, -0.2) is 18.4 Å². The van der Waals surface area contributed by atoms with Gasteiger partial charge in [-0.1, -0.05) is 6.07 Å². The van der Waals surface area contributed by atoms with Crippen molar-refractivity contribution >= 4 is 21.7 Å². The van der Waals surface area contributed by atoms with E-state index in [0.717, 1.165) is 34.6 Å². The average Bonchev–Trinajstić information content (AvgIpc) is 3.25. The first-order chi connectivity index (χ1) is 14.7. The maximum Gasteiger partial charge on any atom is 0.243 e. The van der Waals surface area contributed by atoms with Crippen LogP contribution in [0.15, 0.2) is 23.1 Å².